The van der Waals surface area contributed by atoms with Gasteiger partial charge in [-0.3, -0.25) is 4.84 Å². The third kappa shape index (κ3) is 1.54. The molecule has 0 aliphatic carbocycles. The highest BCUT2D eigenvalue weighted by Gasteiger charge is 2.51. The molecule has 1 aromatic heterocycles. The normalized spacial score (nSPS) is 29.4. The number of hydrogen-bond acceptors (Lipinski definition) is 3. The van der Waals surface area contributed by atoms with Crippen LogP contribution >= 0.6 is 11.8 Å². The van der Waals surface area contributed by atoms with E-state index >= 15 is 0 Å². The highest BCUT2D eigenvalue weighted by atomic mass is 32.2. The number of rotatable bonds is 0. The van der Waals surface area contributed by atoms with Gasteiger partial charge in [0, 0.05) is 35.2 Å². The van der Waals surface area contributed by atoms with Crippen molar-refractivity contribution in [2.75, 3.05) is 12.8 Å². The Kier molecular flexibility index (Phi) is 2.35. The molecule has 0 bridgehead atoms. The Hall–Kier alpha value is -0.970. The Morgan fingerprint density at radius 3 is 3.00 bits per heavy atom. The SMILES string of the molecule is CN1OC(C)(C)[C@@H]2CSc3[nH]c4ccccc4c3[C@H]21. The van der Waals surface area contributed by atoms with Gasteiger partial charge in [-0.2, -0.15) is 5.06 Å². The molecule has 2 aliphatic rings. The quantitative estimate of drug-likeness (QED) is 0.796. The summed E-state index contributed by atoms with van der Waals surface area (Å²) >= 11 is 1.93. The molecule has 0 amide bonds. The Bertz CT molecular complexity index is 649. The van der Waals surface area contributed by atoms with Crippen molar-refractivity contribution >= 4 is 22.7 Å². The summed E-state index contributed by atoms with van der Waals surface area (Å²) in [5.41, 5.74) is 2.58. The molecule has 100 valence electrons. The third-order valence-corrected chi connectivity index (χ3v) is 5.59. The molecule has 1 fully saturated rings. The summed E-state index contributed by atoms with van der Waals surface area (Å²) in [7, 11) is 2.06. The van der Waals surface area contributed by atoms with Crippen LogP contribution in [0.4, 0.5) is 0 Å². The van der Waals surface area contributed by atoms with Gasteiger partial charge in [0.05, 0.1) is 16.7 Å². The van der Waals surface area contributed by atoms with Gasteiger partial charge >= 0.3 is 0 Å². The molecule has 1 N–H and O–H groups in total. The average Bonchev–Trinajstić information content (AvgIpc) is 2.84. The number of hydroxylamine groups is 2. The van der Waals surface area contributed by atoms with E-state index in [0.29, 0.717) is 12.0 Å². The molecular formula is C15H18N2OS. The van der Waals surface area contributed by atoms with Crippen molar-refractivity contribution in [2.45, 2.75) is 30.5 Å². The Labute approximate surface area is 117 Å². The van der Waals surface area contributed by atoms with Gasteiger partial charge in [-0.1, -0.05) is 18.2 Å². The van der Waals surface area contributed by atoms with E-state index in [4.69, 9.17) is 4.84 Å². The lowest BCUT2D eigenvalue weighted by atomic mass is 9.83. The van der Waals surface area contributed by atoms with E-state index in [1.165, 1.54) is 21.5 Å². The minimum atomic E-state index is -0.0809. The summed E-state index contributed by atoms with van der Waals surface area (Å²) in [6.45, 7) is 4.41. The fraction of sp³-hybridized carbons (Fsp3) is 0.467. The molecule has 2 aromatic rings. The van der Waals surface area contributed by atoms with Crippen LogP contribution in [0.3, 0.4) is 0 Å². The molecule has 0 radical (unpaired) electrons. The van der Waals surface area contributed by atoms with Crippen LogP contribution in [0.2, 0.25) is 0 Å². The van der Waals surface area contributed by atoms with Crippen molar-refractivity contribution in [2.24, 2.45) is 5.92 Å². The zero-order chi connectivity index (χ0) is 13.2. The topological polar surface area (TPSA) is 28.3 Å². The maximum Gasteiger partial charge on any atom is 0.0899 e. The Balaban J connectivity index is 1.95. The van der Waals surface area contributed by atoms with Crippen molar-refractivity contribution in [3.63, 3.8) is 0 Å². The summed E-state index contributed by atoms with van der Waals surface area (Å²) in [6.07, 6.45) is 0. The maximum absolute atomic E-state index is 6.08. The Morgan fingerprint density at radius 2 is 2.16 bits per heavy atom. The first-order valence-electron chi connectivity index (χ1n) is 6.73. The van der Waals surface area contributed by atoms with Crippen LogP contribution < -0.4 is 0 Å². The van der Waals surface area contributed by atoms with E-state index in [9.17, 15) is 0 Å². The number of H-pyrrole nitrogens is 1. The van der Waals surface area contributed by atoms with E-state index in [-0.39, 0.29) is 5.60 Å². The number of nitrogens with one attached hydrogen (secondary N) is 1. The van der Waals surface area contributed by atoms with Gasteiger partial charge in [0.2, 0.25) is 0 Å². The van der Waals surface area contributed by atoms with Crippen molar-refractivity contribution in [3.05, 3.63) is 29.8 Å². The molecule has 1 aromatic carbocycles. The minimum absolute atomic E-state index is 0.0809. The number of thioether (sulfide) groups is 1. The Morgan fingerprint density at radius 1 is 1.37 bits per heavy atom. The predicted molar refractivity (Wildman–Crippen MR) is 78.2 cm³/mol. The van der Waals surface area contributed by atoms with Gasteiger partial charge in [0.25, 0.3) is 0 Å². The second-order valence-corrected chi connectivity index (χ2v) is 7.05. The van der Waals surface area contributed by atoms with Crippen LogP contribution in [-0.4, -0.2) is 28.4 Å². The number of aromatic nitrogens is 1. The zero-order valence-electron chi connectivity index (χ0n) is 11.4. The summed E-state index contributed by atoms with van der Waals surface area (Å²) in [6, 6.07) is 8.94. The van der Waals surface area contributed by atoms with Crippen molar-refractivity contribution in [3.8, 4) is 0 Å². The molecule has 2 atom stereocenters. The first-order chi connectivity index (χ1) is 9.08. The van der Waals surface area contributed by atoms with Gasteiger partial charge in [-0.15, -0.1) is 11.8 Å². The lowest BCUT2D eigenvalue weighted by molar-refractivity contribution is -0.179. The molecule has 19 heavy (non-hydrogen) atoms. The highest BCUT2D eigenvalue weighted by Crippen LogP contribution is 2.53. The number of hydrogen-bond donors (Lipinski definition) is 1. The van der Waals surface area contributed by atoms with E-state index in [2.05, 4.69) is 55.2 Å². The van der Waals surface area contributed by atoms with Crippen LogP contribution in [0, 0.1) is 5.92 Å². The van der Waals surface area contributed by atoms with Gasteiger partial charge in [0.1, 0.15) is 0 Å². The largest absolute Gasteiger partial charge is 0.349 e. The molecule has 3 nitrogen and oxygen atoms in total. The van der Waals surface area contributed by atoms with Gasteiger partial charge in [0.15, 0.2) is 0 Å². The monoisotopic (exact) mass is 274 g/mol. The predicted octanol–water partition coefficient (Wildman–Crippen LogP) is 3.59. The molecule has 1 saturated heterocycles. The van der Waals surface area contributed by atoms with Crippen LogP contribution in [-0.2, 0) is 4.84 Å². The van der Waals surface area contributed by atoms with Gasteiger partial charge < -0.3 is 4.98 Å². The lowest BCUT2D eigenvalue weighted by Crippen LogP contribution is -2.32. The van der Waals surface area contributed by atoms with Gasteiger partial charge in [-0.25, -0.2) is 0 Å². The molecule has 0 saturated carbocycles. The first-order valence-corrected chi connectivity index (χ1v) is 7.72. The van der Waals surface area contributed by atoms with E-state index in [1.54, 1.807) is 0 Å². The highest BCUT2D eigenvalue weighted by molar-refractivity contribution is 7.99. The van der Waals surface area contributed by atoms with Crippen molar-refractivity contribution in [1.82, 2.24) is 10.0 Å². The van der Waals surface area contributed by atoms with E-state index in [0.717, 1.165) is 5.75 Å². The minimum Gasteiger partial charge on any atom is -0.349 e. The molecule has 4 heteroatoms. The van der Waals surface area contributed by atoms with Crippen LogP contribution in [0.5, 0.6) is 0 Å². The van der Waals surface area contributed by atoms with Crippen LogP contribution in [0.25, 0.3) is 10.9 Å². The number of fused-ring (bicyclic) bond motifs is 5. The third-order valence-electron chi connectivity index (χ3n) is 4.46. The van der Waals surface area contributed by atoms with E-state index in [1.807, 2.05) is 11.8 Å². The van der Waals surface area contributed by atoms with E-state index < -0.39 is 0 Å². The summed E-state index contributed by atoms with van der Waals surface area (Å²) in [5, 5.41) is 4.72. The van der Waals surface area contributed by atoms with Crippen molar-refractivity contribution in [1.29, 1.82) is 0 Å². The standard InChI is InChI=1S/C15H18N2OS/c1-15(2)10-8-19-14-12(13(10)17(3)18-15)9-6-4-5-7-11(9)16-14/h4-7,10,13,16H,8H2,1-3H3/t10-,13+/m1/s1. The summed E-state index contributed by atoms with van der Waals surface area (Å²) < 4.78 is 0. The van der Waals surface area contributed by atoms with Crippen LogP contribution in [0.15, 0.2) is 29.3 Å². The number of para-hydroxylation sites is 1. The summed E-state index contributed by atoms with van der Waals surface area (Å²) in [5.74, 6) is 1.65. The maximum atomic E-state index is 6.08. The molecule has 0 spiro atoms. The smallest absolute Gasteiger partial charge is 0.0899 e. The summed E-state index contributed by atoms with van der Waals surface area (Å²) in [4.78, 5) is 9.63. The number of aromatic amines is 1. The molecule has 3 heterocycles. The molecule has 4 rings (SSSR count). The van der Waals surface area contributed by atoms with Crippen LogP contribution in [0.1, 0.15) is 25.5 Å². The second-order valence-electron chi connectivity index (χ2n) is 6.02. The number of benzene rings is 1. The fourth-order valence-corrected chi connectivity index (χ4v) is 5.02. The first kappa shape index (κ1) is 11.8. The lowest BCUT2D eigenvalue weighted by Gasteiger charge is -2.30. The molecule has 2 aliphatic heterocycles. The zero-order valence-corrected chi connectivity index (χ0v) is 12.3. The molecular weight excluding hydrogens is 256 g/mol. The van der Waals surface area contributed by atoms with Gasteiger partial charge in [-0.05, 0) is 19.9 Å². The number of nitrogens with zero attached hydrogens (tertiary/aromatic N) is 1. The van der Waals surface area contributed by atoms with Crippen molar-refractivity contribution < 1.29 is 4.84 Å². The second kappa shape index (κ2) is 3.78. The average molecular weight is 274 g/mol. The molecule has 0 unspecified atom stereocenters. The fourth-order valence-electron chi connectivity index (χ4n) is 3.52.